The van der Waals surface area contributed by atoms with E-state index < -0.39 is 11.9 Å². The second kappa shape index (κ2) is 8.42. The highest BCUT2D eigenvalue weighted by Gasteiger charge is 2.20. The molecule has 2 aromatic heterocycles. The van der Waals surface area contributed by atoms with Gasteiger partial charge in [0.15, 0.2) is 5.76 Å². The molecular formula is C23H21N3O3S. The number of urea groups is 1. The molecule has 0 saturated heterocycles. The van der Waals surface area contributed by atoms with Crippen molar-refractivity contribution in [1.82, 2.24) is 16.2 Å². The van der Waals surface area contributed by atoms with Crippen LogP contribution in [-0.2, 0) is 0 Å². The Morgan fingerprint density at radius 3 is 2.40 bits per heavy atom. The first-order chi connectivity index (χ1) is 14.5. The van der Waals surface area contributed by atoms with E-state index in [0.29, 0.717) is 5.58 Å². The van der Waals surface area contributed by atoms with Crippen molar-refractivity contribution in [1.29, 1.82) is 0 Å². The lowest BCUT2D eigenvalue weighted by atomic mass is 10.0. The van der Waals surface area contributed by atoms with Crippen LogP contribution in [0, 0.1) is 13.8 Å². The molecule has 6 nitrogen and oxygen atoms in total. The number of carbonyl (C=O) groups is 2. The zero-order valence-corrected chi connectivity index (χ0v) is 17.4. The first-order valence-corrected chi connectivity index (χ1v) is 10.4. The number of furan rings is 1. The third-order valence-corrected chi connectivity index (χ3v) is 5.79. The predicted octanol–water partition coefficient (Wildman–Crippen LogP) is 4.84. The molecule has 2 aromatic carbocycles. The zero-order chi connectivity index (χ0) is 21.1. The molecule has 0 aliphatic heterocycles. The number of rotatable bonds is 4. The summed E-state index contributed by atoms with van der Waals surface area (Å²) in [5.41, 5.74) is 8.29. The van der Waals surface area contributed by atoms with Crippen LogP contribution in [0.3, 0.4) is 0 Å². The van der Waals surface area contributed by atoms with E-state index >= 15 is 0 Å². The second-order valence-corrected chi connectivity index (χ2v) is 7.94. The number of aryl methyl sites for hydroxylation is 2. The molecule has 3 amide bonds. The molecule has 0 saturated carbocycles. The summed E-state index contributed by atoms with van der Waals surface area (Å²) in [6.45, 7) is 3.82. The fourth-order valence-corrected chi connectivity index (χ4v) is 4.06. The van der Waals surface area contributed by atoms with Crippen LogP contribution in [0.4, 0.5) is 4.79 Å². The van der Waals surface area contributed by atoms with E-state index in [-0.39, 0.29) is 11.8 Å². The van der Waals surface area contributed by atoms with Gasteiger partial charge in [0.25, 0.3) is 0 Å². The van der Waals surface area contributed by atoms with Crippen LogP contribution in [0.5, 0.6) is 0 Å². The fraction of sp³-hybridized carbons (Fsp3) is 0.130. The molecule has 0 bridgehead atoms. The minimum atomic E-state index is -0.518. The zero-order valence-electron chi connectivity index (χ0n) is 16.6. The molecule has 3 N–H and O–H groups in total. The normalized spacial score (nSPS) is 11.8. The lowest BCUT2D eigenvalue weighted by Gasteiger charge is -2.19. The monoisotopic (exact) mass is 419 g/mol. The van der Waals surface area contributed by atoms with Crippen molar-refractivity contribution >= 4 is 34.2 Å². The first-order valence-electron chi connectivity index (χ1n) is 9.48. The minimum absolute atomic E-state index is 0.171. The van der Waals surface area contributed by atoms with Gasteiger partial charge in [-0.25, -0.2) is 10.2 Å². The second-order valence-electron chi connectivity index (χ2n) is 6.96. The van der Waals surface area contributed by atoms with Crippen molar-refractivity contribution in [3.63, 3.8) is 0 Å². The van der Waals surface area contributed by atoms with Crippen LogP contribution in [0.15, 0.2) is 70.5 Å². The molecule has 0 fully saturated rings. The number of hydrogen-bond acceptors (Lipinski definition) is 4. The van der Waals surface area contributed by atoms with Crippen LogP contribution in [0.25, 0.3) is 11.0 Å². The van der Waals surface area contributed by atoms with Crippen LogP contribution in [0.1, 0.15) is 38.2 Å². The first kappa shape index (κ1) is 19.7. The fourth-order valence-electron chi connectivity index (χ4n) is 3.26. The van der Waals surface area contributed by atoms with Crippen molar-refractivity contribution in [3.8, 4) is 0 Å². The Hall–Kier alpha value is -3.58. The van der Waals surface area contributed by atoms with Crippen LogP contribution in [0.2, 0.25) is 0 Å². The molecule has 4 aromatic rings. The summed E-state index contributed by atoms with van der Waals surface area (Å²) in [6, 6.07) is 18.4. The number of amides is 3. The van der Waals surface area contributed by atoms with Gasteiger partial charge in [0.05, 0.1) is 6.04 Å². The highest BCUT2D eigenvalue weighted by atomic mass is 32.1. The SMILES string of the molecule is Cc1ccc([C@@H](NC(=O)NNC(=O)c2oc3ccccc3c2C)c2cccs2)cc1. The summed E-state index contributed by atoms with van der Waals surface area (Å²) in [7, 11) is 0. The highest BCUT2D eigenvalue weighted by Crippen LogP contribution is 2.26. The molecule has 152 valence electrons. The molecule has 0 radical (unpaired) electrons. The smallest absolute Gasteiger partial charge is 0.334 e. The van der Waals surface area contributed by atoms with Crippen molar-refractivity contribution in [2.45, 2.75) is 19.9 Å². The molecule has 2 heterocycles. The van der Waals surface area contributed by atoms with Crippen LogP contribution in [-0.4, -0.2) is 11.9 Å². The van der Waals surface area contributed by atoms with Gasteiger partial charge in [-0.1, -0.05) is 54.1 Å². The maximum absolute atomic E-state index is 12.5. The van der Waals surface area contributed by atoms with Gasteiger partial charge >= 0.3 is 11.9 Å². The van der Waals surface area contributed by atoms with Gasteiger partial charge in [0, 0.05) is 15.8 Å². The van der Waals surface area contributed by atoms with E-state index in [2.05, 4.69) is 16.2 Å². The van der Waals surface area contributed by atoms with E-state index in [1.807, 2.05) is 73.8 Å². The van der Waals surface area contributed by atoms with Gasteiger partial charge < -0.3 is 9.73 Å². The van der Waals surface area contributed by atoms with Crippen molar-refractivity contribution in [2.24, 2.45) is 0 Å². The Balaban J connectivity index is 1.45. The van der Waals surface area contributed by atoms with Crippen molar-refractivity contribution in [3.05, 3.63) is 93.4 Å². The van der Waals surface area contributed by atoms with Gasteiger partial charge in [0.2, 0.25) is 0 Å². The summed E-state index contributed by atoms with van der Waals surface area (Å²) in [5, 5.41) is 5.74. The van der Waals surface area contributed by atoms with Gasteiger partial charge in [-0.3, -0.25) is 10.2 Å². The topological polar surface area (TPSA) is 83.4 Å². The Morgan fingerprint density at radius 2 is 1.70 bits per heavy atom. The standard InChI is InChI=1S/C23H21N3O3S/c1-14-9-11-16(12-10-14)20(19-8-5-13-30-19)24-23(28)26-25-22(27)21-15(2)17-6-3-4-7-18(17)29-21/h3-13,20H,1-2H3,(H,25,27)(H2,24,26,28)/t20-/m1/s1. The van der Waals surface area contributed by atoms with Gasteiger partial charge in [0.1, 0.15) is 5.58 Å². The van der Waals surface area contributed by atoms with E-state index in [0.717, 1.165) is 27.0 Å². The number of hydrazine groups is 1. The average Bonchev–Trinajstić information content (AvgIpc) is 3.40. The number of fused-ring (bicyclic) bond motifs is 1. The quantitative estimate of drug-likeness (QED) is 0.414. The van der Waals surface area contributed by atoms with Crippen LogP contribution >= 0.6 is 11.3 Å². The number of nitrogens with one attached hydrogen (secondary N) is 3. The number of benzene rings is 2. The van der Waals surface area contributed by atoms with Crippen LogP contribution < -0.4 is 16.2 Å². The molecule has 7 heteroatoms. The molecule has 0 spiro atoms. The number of para-hydroxylation sites is 1. The van der Waals surface area contributed by atoms with E-state index in [1.165, 1.54) is 0 Å². The van der Waals surface area contributed by atoms with Gasteiger partial charge in [-0.2, -0.15) is 0 Å². The maximum Gasteiger partial charge on any atom is 0.334 e. The summed E-state index contributed by atoms with van der Waals surface area (Å²) in [6.07, 6.45) is 0. The summed E-state index contributed by atoms with van der Waals surface area (Å²) < 4.78 is 5.63. The molecule has 0 aliphatic rings. The van der Waals surface area contributed by atoms with Gasteiger partial charge in [-0.05, 0) is 36.9 Å². The predicted molar refractivity (Wildman–Crippen MR) is 117 cm³/mol. The molecule has 30 heavy (non-hydrogen) atoms. The largest absolute Gasteiger partial charge is 0.451 e. The average molecular weight is 420 g/mol. The van der Waals surface area contributed by atoms with E-state index in [4.69, 9.17) is 4.42 Å². The third-order valence-electron chi connectivity index (χ3n) is 4.85. The van der Waals surface area contributed by atoms with E-state index in [9.17, 15) is 9.59 Å². The van der Waals surface area contributed by atoms with Crippen molar-refractivity contribution in [2.75, 3.05) is 0 Å². The summed E-state index contributed by atoms with van der Waals surface area (Å²) in [4.78, 5) is 26.0. The molecule has 1 atom stereocenters. The summed E-state index contributed by atoms with van der Waals surface area (Å²) >= 11 is 1.55. The Morgan fingerprint density at radius 1 is 0.933 bits per heavy atom. The van der Waals surface area contributed by atoms with Crippen molar-refractivity contribution < 1.29 is 14.0 Å². The Bertz CT molecular complexity index is 1180. The lowest BCUT2D eigenvalue weighted by molar-refractivity contribution is 0.0909. The highest BCUT2D eigenvalue weighted by molar-refractivity contribution is 7.10. The lowest BCUT2D eigenvalue weighted by Crippen LogP contribution is -2.48. The van der Waals surface area contributed by atoms with Gasteiger partial charge in [-0.15, -0.1) is 11.3 Å². The number of carbonyl (C=O) groups excluding carboxylic acids is 2. The molecule has 0 aliphatic carbocycles. The number of thiophene rings is 1. The molecule has 4 rings (SSSR count). The maximum atomic E-state index is 12.5. The summed E-state index contributed by atoms with van der Waals surface area (Å²) in [5.74, 6) is -0.341. The van der Waals surface area contributed by atoms with E-state index in [1.54, 1.807) is 17.4 Å². The minimum Gasteiger partial charge on any atom is -0.451 e. The molecule has 0 unspecified atom stereocenters. The Labute approximate surface area is 177 Å². The third kappa shape index (κ3) is 4.06. The Kier molecular flexibility index (Phi) is 5.54. The molecular weight excluding hydrogens is 398 g/mol. The number of hydrogen-bond donors (Lipinski definition) is 3.